The summed E-state index contributed by atoms with van der Waals surface area (Å²) in [6.07, 6.45) is 3.52. The molecule has 3 nitrogen and oxygen atoms in total. The molecule has 1 amide bonds. The first-order valence-electron chi connectivity index (χ1n) is 6.96. The number of nitrogens with one attached hydrogen (secondary N) is 2. The minimum absolute atomic E-state index is 0.0948. The van der Waals surface area contributed by atoms with E-state index >= 15 is 0 Å². The Kier molecular flexibility index (Phi) is 3.27. The van der Waals surface area contributed by atoms with Crippen LogP contribution in [0.5, 0.6) is 0 Å². The van der Waals surface area contributed by atoms with E-state index in [1.807, 2.05) is 0 Å². The zero-order chi connectivity index (χ0) is 13.4. The minimum atomic E-state index is -0.366. The Labute approximate surface area is 112 Å². The number of benzene rings is 1. The normalized spacial score (nSPS) is 29.3. The summed E-state index contributed by atoms with van der Waals surface area (Å²) in [4.78, 5) is 12.3. The third-order valence-corrected chi connectivity index (χ3v) is 4.50. The number of para-hydroxylation sites is 1. The number of hydrogen-bond acceptors (Lipinski definition) is 2. The standard InChI is InChI=1S/C15H19FN2O/c1-9-4-2-7-12(16)13(9)18-15(19)14-11-6-3-5-10(11)8-17-14/h2,4,7,10-11,14,17H,3,5-6,8H2,1H3,(H,18,19). The predicted octanol–water partition coefficient (Wildman–Crippen LogP) is 2.46. The summed E-state index contributed by atoms with van der Waals surface area (Å²) >= 11 is 0. The predicted molar refractivity (Wildman–Crippen MR) is 72.4 cm³/mol. The van der Waals surface area contributed by atoms with Crippen LogP contribution in [0.15, 0.2) is 18.2 Å². The van der Waals surface area contributed by atoms with E-state index in [2.05, 4.69) is 10.6 Å². The molecule has 0 spiro atoms. The molecule has 3 unspecified atom stereocenters. The van der Waals surface area contributed by atoms with Gasteiger partial charge in [0.05, 0.1) is 11.7 Å². The highest BCUT2D eigenvalue weighted by Gasteiger charge is 2.42. The van der Waals surface area contributed by atoms with Gasteiger partial charge in [-0.05, 0) is 49.8 Å². The van der Waals surface area contributed by atoms with Gasteiger partial charge in [0.1, 0.15) is 5.82 Å². The van der Waals surface area contributed by atoms with Gasteiger partial charge in [-0.3, -0.25) is 4.79 Å². The fourth-order valence-corrected chi connectivity index (χ4v) is 3.47. The Morgan fingerprint density at radius 2 is 2.26 bits per heavy atom. The van der Waals surface area contributed by atoms with Crippen molar-refractivity contribution < 1.29 is 9.18 Å². The van der Waals surface area contributed by atoms with Gasteiger partial charge >= 0.3 is 0 Å². The second-order valence-corrected chi connectivity index (χ2v) is 5.66. The molecule has 1 aromatic rings. The van der Waals surface area contributed by atoms with Crippen molar-refractivity contribution in [2.24, 2.45) is 11.8 Å². The van der Waals surface area contributed by atoms with E-state index in [9.17, 15) is 9.18 Å². The number of carbonyl (C=O) groups is 1. The zero-order valence-corrected chi connectivity index (χ0v) is 11.1. The molecule has 1 heterocycles. The van der Waals surface area contributed by atoms with Crippen molar-refractivity contribution in [1.29, 1.82) is 0 Å². The molecule has 19 heavy (non-hydrogen) atoms. The van der Waals surface area contributed by atoms with E-state index in [-0.39, 0.29) is 17.8 Å². The highest BCUT2D eigenvalue weighted by atomic mass is 19.1. The molecule has 102 valence electrons. The molecule has 2 fully saturated rings. The first kappa shape index (κ1) is 12.6. The number of carbonyl (C=O) groups excluding carboxylic acids is 1. The zero-order valence-electron chi connectivity index (χ0n) is 11.1. The SMILES string of the molecule is Cc1cccc(F)c1NC(=O)C1NCC2CCCC21. The number of rotatable bonds is 2. The first-order valence-corrected chi connectivity index (χ1v) is 6.96. The van der Waals surface area contributed by atoms with Crippen molar-refractivity contribution in [2.75, 3.05) is 11.9 Å². The fraction of sp³-hybridized carbons (Fsp3) is 0.533. The summed E-state index contributed by atoms with van der Waals surface area (Å²) in [6.45, 7) is 2.72. The molecule has 0 radical (unpaired) electrons. The lowest BCUT2D eigenvalue weighted by atomic mass is 9.93. The molecule has 3 atom stereocenters. The van der Waals surface area contributed by atoms with Crippen molar-refractivity contribution in [3.05, 3.63) is 29.6 Å². The Hall–Kier alpha value is -1.42. The number of fused-ring (bicyclic) bond motifs is 1. The van der Waals surface area contributed by atoms with Gasteiger partial charge in [-0.15, -0.1) is 0 Å². The van der Waals surface area contributed by atoms with Gasteiger partial charge in [0.15, 0.2) is 0 Å². The molecular weight excluding hydrogens is 243 g/mol. The minimum Gasteiger partial charge on any atom is -0.322 e. The number of aryl methyl sites for hydroxylation is 1. The molecule has 1 aliphatic carbocycles. The Morgan fingerprint density at radius 1 is 1.42 bits per heavy atom. The monoisotopic (exact) mass is 262 g/mol. The summed E-state index contributed by atoms with van der Waals surface area (Å²) < 4.78 is 13.7. The maximum atomic E-state index is 13.7. The lowest BCUT2D eigenvalue weighted by molar-refractivity contribution is -0.118. The molecular formula is C15H19FN2O. The van der Waals surface area contributed by atoms with Crippen LogP contribution in [-0.4, -0.2) is 18.5 Å². The Bertz CT molecular complexity index is 483. The van der Waals surface area contributed by atoms with Gasteiger partial charge in [0.2, 0.25) is 5.91 Å². The van der Waals surface area contributed by atoms with Crippen LogP contribution >= 0.6 is 0 Å². The van der Waals surface area contributed by atoms with Crippen LogP contribution in [0, 0.1) is 24.6 Å². The third-order valence-electron chi connectivity index (χ3n) is 4.50. The third kappa shape index (κ3) is 2.25. The van der Waals surface area contributed by atoms with Gasteiger partial charge in [-0.1, -0.05) is 18.6 Å². The number of anilines is 1. The maximum absolute atomic E-state index is 13.7. The van der Waals surface area contributed by atoms with Crippen LogP contribution in [0.3, 0.4) is 0 Å². The molecule has 4 heteroatoms. The number of hydrogen-bond donors (Lipinski definition) is 2. The van der Waals surface area contributed by atoms with Gasteiger partial charge in [-0.2, -0.15) is 0 Å². The van der Waals surface area contributed by atoms with Crippen LogP contribution in [0.2, 0.25) is 0 Å². The highest BCUT2D eigenvalue weighted by molar-refractivity contribution is 5.96. The molecule has 0 bridgehead atoms. The van der Waals surface area contributed by atoms with E-state index in [4.69, 9.17) is 0 Å². The van der Waals surface area contributed by atoms with E-state index < -0.39 is 0 Å². The molecule has 1 saturated heterocycles. The van der Waals surface area contributed by atoms with Crippen LogP contribution in [-0.2, 0) is 4.79 Å². The summed E-state index contributed by atoms with van der Waals surface area (Å²) in [5, 5.41) is 6.04. The average Bonchev–Trinajstić information content (AvgIpc) is 2.95. The number of halogens is 1. The molecule has 2 N–H and O–H groups in total. The van der Waals surface area contributed by atoms with Gasteiger partial charge < -0.3 is 10.6 Å². The van der Waals surface area contributed by atoms with Crippen molar-refractivity contribution in [3.63, 3.8) is 0 Å². The average molecular weight is 262 g/mol. The van der Waals surface area contributed by atoms with E-state index in [1.54, 1.807) is 19.1 Å². The van der Waals surface area contributed by atoms with E-state index in [0.717, 1.165) is 18.5 Å². The van der Waals surface area contributed by atoms with Crippen molar-refractivity contribution in [2.45, 2.75) is 32.2 Å². The maximum Gasteiger partial charge on any atom is 0.241 e. The van der Waals surface area contributed by atoms with Crippen LogP contribution in [0.1, 0.15) is 24.8 Å². The Morgan fingerprint density at radius 3 is 3.05 bits per heavy atom. The second-order valence-electron chi connectivity index (χ2n) is 5.66. The van der Waals surface area contributed by atoms with Crippen LogP contribution in [0.25, 0.3) is 0 Å². The molecule has 1 aliphatic heterocycles. The summed E-state index contributed by atoms with van der Waals surface area (Å²) in [5.41, 5.74) is 1.07. The van der Waals surface area contributed by atoms with Gasteiger partial charge in [-0.25, -0.2) is 4.39 Å². The van der Waals surface area contributed by atoms with E-state index in [0.29, 0.717) is 17.5 Å². The molecule has 3 rings (SSSR count). The molecule has 0 aromatic heterocycles. The van der Waals surface area contributed by atoms with Crippen molar-refractivity contribution in [3.8, 4) is 0 Å². The topological polar surface area (TPSA) is 41.1 Å². The lowest BCUT2D eigenvalue weighted by Crippen LogP contribution is -2.40. The fourth-order valence-electron chi connectivity index (χ4n) is 3.47. The van der Waals surface area contributed by atoms with Crippen LogP contribution < -0.4 is 10.6 Å². The summed E-state index contributed by atoms with van der Waals surface area (Å²) in [6, 6.07) is 4.68. The molecule has 1 saturated carbocycles. The largest absolute Gasteiger partial charge is 0.322 e. The lowest BCUT2D eigenvalue weighted by Gasteiger charge is -2.18. The van der Waals surface area contributed by atoms with E-state index in [1.165, 1.54) is 18.9 Å². The van der Waals surface area contributed by atoms with Gasteiger partial charge in [0.25, 0.3) is 0 Å². The highest BCUT2D eigenvalue weighted by Crippen LogP contribution is 2.38. The Balaban J connectivity index is 1.75. The van der Waals surface area contributed by atoms with Crippen molar-refractivity contribution >= 4 is 11.6 Å². The first-order chi connectivity index (χ1) is 9.16. The van der Waals surface area contributed by atoms with Crippen molar-refractivity contribution in [1.82, 2.24) is 5.32 Å². The van der Waals surface area contributed by atoms with Gasteiger partial charge in [0, 0.05) is 0 Å². The second kappa shape index (κ2) is 4.93. The quantitative estimate of drug-likeness (QED) is 0.859. The smallest absolute Gasteiger partial charge is 0.241 e. The van der Waals surface area contributed by atoms with Crippen LogP contribution in [0.4, 0.5) is 10.1 Å². The summed E-state index contributed by atoms with van der Waals surface area (Å²) in [7, 11) is 0. The molecule has 1 aromatic carbocycles. The number of amides is 1. The molecule has 2 aliphatic rings. The summed E-state index contributed by atoms with van der Waals surface area (Å²) in [5.74, 6) is 0.585.